The van der Waals surface area contributed by atoms with Gasteiger partial charge >= 0.3 is 0 Å². The van der Waals surface area contributed by atoms with E-state index in [1.165, 1.54) is 5.56 Å². The molecule has 4 heteroatoms. The standard InChI is InChI=1S/C17H25NO3/c18-8-4-14-2-1-3-15(12-14)21-16-5-9-20-17(13-16)6-10-19-11-7-17/h1-3,12,16H,4-11,13,18H2. The van der Waals surface area contributed by atoms with Crippen LogP contribution in [-0.2, 0) is 15.9 Å². The number of hydrogen-bond acceptors (Lipinski definition) is 4. The molecule has 3 rings (SSSR count). The van der Waals surface area contributed by atoms with Crippen molar-refractivity contribution in [3.05, 3.63) is 29.8 Å². The molecular formula is C17H25NO3. The Morgan fingerprint density at radius 1 is 1.24 bits per heavy atom. The van der Waals surface area contributed by atoms with E-state index in [9.17, 15) is 0 Å². The van der Waals surface area contributed by atoms with Crippen molar-refractivity contribution in [2.75, 3.05) is 26.4 Å². The molecule has 1 atom stereocenters. The molecule has 2 fully saturated rings. The topological polar surface area (TPSA) is 53.7 Å². The van der Waals surface area contributed by atoms with Crippen molar-refractivity contribution in [3.8, 4) is 5.75 Å². The summed E-state index contributed by atoms with van der Waals surface area (Å²) in [6.45, 7) is 3.06. The predicted molar refractivity (Wildman–Crippen MR) is 81.6 cm³/mol. The molecule has 2 N–H and O–H groups in total. The molecule has 0 amide bonds. The molecule has 2 heterocycles. The molecular weight excluding hydrogens is 266 g/mol. The highest BCUT2D eigenvalue weighted by molar-refractivity contribution is 5.29. The second-order valence-corrected chi connectivity index (χ2v) is 6.06. The van der Waals surface area contributed by atoms with E-state index in [-0.39, 0.29) is 11.7 Å². The summed E-state index contributed by atoms with van der Waals surface area (Å²) in [5, 5.41) is 0. The second kappa shape index (κ2) is 6.77. The molecule has 0 bridgehead atoms. The van der Waals surface area contributed by atoms with Crippen LogP contribution in [0.2, 0.25) is 0 Å². The van der Waals surface area contributed by atoms with Gasteiger partial charge in [-0.3, -0.25) is 0 Å². The van der Waals surface area contributed by atoms with Gasteiger partial charge in [-0.15, -0.1) is 0 Å². The normalized spacial score (nSPS) is 24.9. The zero-order valence-corrected chi connectivity index (χ0v) is 12.6. The van der Waals surface area contributed by atoms with Gasteiger partial charge in [0.25, 0.3) is 0 Å². The summed E-state index contributed by atoms with van der Waals surface area (Å²) in [6, 6.07) is 8.29. The van der Waals surface area contributed by atoms with Gasteiger partial charge < -0.3 is 19.9 Å². The monoisotopic (exact) mass is 291 g/mol. The van der Waals surface area contributed by atoms with Crippen LogP contribution in [0.5, 0.6) is 5.75 Å². The Hall–Kier alpha value is -1.10. The average Bonchev–Trinajstić information content (AvgIpc) is 2.49. The third-order valence-corrected chi connectivity index (χ3v) is 4.49. The lowest BCUT2D eigenvalue weighted by Gasteiger charge is -2.43. The fourth-order valence-corrected chi connectivity index (χ4v) is 3.31. The Morgan fingerprint density at radius 2 is 2.10 bits per heavy atom. The summed E-state index contributed by atoms with van der Waals surface area (Å²) in [6.07, 6.45) is 5.04. The third kappa shape index (κ3) is 3.76. The highest BCUT2D eigenvalue weighted by atomic mass is 16.5. The lowest BCUT2D eigenvalue weighted by Crippen LogP contribution is -2.47. The molecule has 21 heavy (non-hydrogen) atoms. The molecule has 0 saturated carbocycles. The fourth-order valence-electron chi connectivity index (χ4n) is 3.31. The first-order valence-corrected chi connectivity index (χ1v) is 7.97. The predicted octanol–water partition coefficient (Wildman–Crippen LogP) is 2.29. The van der Waals surface area contributed by atoms with Crippen LogP contribution < -0.4 is 10.5 Å². The van der Waals surface area contributed by atoms with E-state index in [2.05, 4.69) is 12.1 Å². The van der Waals surface area contributed by atoms with Crippen LogP contribution >= 0.6 is 0 Å². The number of ether oxygens (including phenoxy) is 3. The SMILES string of the molecule is NCCc1cccc(OC2CCOC3(CCOCC3)C2)c1. The molecule has 0 aromatic heterocycles. The molecule has 4 nitrogen and oxygen atoms in total. The van der Waals surface area contributed by atoms with Crippen LogP contribution in [0.15, 0.2) is 24.3 Å². The van der Waals surface area contributed by atoms with E-state index in [0.717, 1.165) is 57.7 Å². The van der Waals surface area contributed by atoms with Crippen molar-refractivity contribution in [1.82, 2.24) is 0 Å². The van der Waals surface area contributed by atoms with Gasteiger partial charge in [0.15, 0.2) is 0 Å². The third-order valence-electron chi connectivity index (χ3n) is 4.49. The van der Waals surface area contributed by atoms with Crippen molar-refractivity contribution in [2.24, 2.45) is 5.73 Å². The van der Waals surface area contributed by atoms with Gasteiger partial charge in [0.1, 0.15) is 11.9 Å². The van der Waals surface area contributed by atoms with Crippen LogP contribution in [0.1, 0.15) is 31.2 Å². The molecule has 1 unspecified atom stereocenters. The molecule has 2 aliphatic rings. The van der Waals surface area contributed by atoms with E-state index in [1.807, 2.05) is 12.1 Å². The van der Waals surface area contributed by atoms with Crippen molar-refractivity contribution >= 4 is 0 Å². The maximum Gasteiger partial charge on any atom is 0.119 e. The first kappa shape index (κ1) is 14.8. The summed E-state index contributed by atoms with van der Waals surface area (Å²) in [7, 11) is 0. The Kier molecular flexibility index (Phi) is 4.78. The van der Waals surface area contributed by atoms with Gasteiger partial charge in [0, 0.05) is 26.1 Å². The van der Waals surface area contributed by atoms with Crippen LogP contribution in [0.4, 0.5) is 0 Å². The van der Waals surface area contributed by atoms with Gasteiger partial charge in [-0.1, -0.05) is 12.1 Å². The summed E-state index contributed by atoms with van der Waals surface area (Å²) in [4.78, 5) is 0. The zero-order chi connectivity index (χ0) is 14.5. The fraction of sp³-hybridized carbons (Fsp3) is 0.647. The Bertz CT molecular complexity index is 452. The first-order chi connectivity index (χ1) is 10.3. The maximum atomic E-state index is 6.21. The van der Waals surface area contributed by atoms with E-state index in [1.54, 1.807) is 0 Å². The zero-order valence-electron chi connectivity index (χ0n) is 12.6. The van der Waals surface area contributed by atoms with Crippen LogP contribution in [0.3, 0.4) is 0 Å². The van der Waals surface area contributed by atoms with Crippen molar-refractivity contribution < 1.29 is 14.2 Å². The van der Waals surface area contributed by atoms with Crippen LogP contribution in [-0.4, -0.2) is 38.1 Å². The minimum absolute atomic E-state index is 0.0178. The van der Waals surface area contributed by atoms with E-state index < -0.39 is 0 Å². The van der Waals surface area contributed by atoms with Crippen molar-refractivity contribution in [2.45, 2.75) is 43.8 Å². The smallest absolute Gasteiger partial charge is 0.119 e. The van der Waals surface area contributed by atoms with Crippen LogP contribution in [0.25, 0.3) is 0 Å². The largest absolute Gasteiger partial charge is 0.490 e. The molecule has 1 spiro atoms. The highest BCUT2D eigenvalue weighted by Crippen LogP contribution is 2.35. The maximum absolute atomic E-state index is 6.21. The number of nitrogens with two attached hydrogens (primary N) is 1. The lowest BCUT2D eigenvalue weighted by atomic mass is 9.85. The summed E-state index contributed by atoms with van der Waals surface area (Å²) in [5.41, 5.74) is 6.84. The Balaban J connectivity index is 1.63. The van der Waals surface area contributed by atoms with Gasteiger partial charge in [-0.25, -0.2) is 0 Å². The summed E-state index contributed by atoms with van der Waals surface area (Å²) in [5.74, 6) is 0.954. The summed E-state index contributed by atoms with van der Waals surface area (Å²) < 4.78 is 17.7. The number of benzene rings is 1. The molecule has 0 aliphatic carbocycles. The Morgan fingerprint density at radius 3 is 2.90 bits per heavy atom. The minimum atomic E-state index is -0.0178. The molecule has 116 valence electrons. The molecule has 2 aliphatic heterocycles. The quantitative estimate of drug-likeness (QED) is 0.925. The lowest BCUT2D eigenvalue weighted by molar-refractivity contribution is -0.155. The average molecular weight is 291 g/mol. The number of rotatable bonds is 4. The Labute approximate surface area is 126 Å². The minimum Gasteiger partial charge on any atom is -0.490 e. The molecule has 2 saturated heterocycles. The van der Waals surface area contributed by atoms with Gasteiger partial charge in [0.05, 0.1) is 12.2 Å². The summed E-state index contributed by atoms with van der Waals surface area (Å²) >= 11 is 0. The first-order valence-electron chi connectivity index (χ1n) is 7.97. The molecule has 1 aromatic rings. The van der Waals surface area contributed by atoms with Gasteiger partial charge in [0.2, 0.25) is 0 Å². The van der Waals surface area contributed by atoms with Crippen molar-refractivity contribution in [1.29, 1.82) is 0 Å². The van der Waals surface area contributed by atoms with E-state index in [0.29, 0.717) is 6.54 Å². The second-order valence-electron chi connectivity index (χ2n) is 6.06. The highest BCUT2D eigenvalue weighted by Gasteiger charge is 2.39. The van der Waals surface area contributed by atoms with Crippen LogP contribution in [0, 0.1) is 0 Å². The molecule has 0 radical (unpaired) electrons. The van der Waals surface area contributed by atoms with E-state index >= 15 is 0 Å². The van der Waals surface area contributed by atoms with E-state index in [4.69, 9.17) is 19.9 Å². The van der Waals surface area contributed by atoms with Gasteiger partial charge in [-0.05, 0) is 43.5 Å². The molecule has 1 aromatic carbocycles. The number of hydrogen-bond donors (Lipinski definition) is 1. The van der Waals surface area contributed by atoms with Gasteiger partial charge in [-0.2, -0.15) is 0 Å². The van der Waals surface area contributed by atoms with Crippen molar-refractivity contribution in [3.63, 3.8) is 0 Å².